The summed E-state index contributed by atoms with van der Waals surface area (Å²) in [5, 5.41) is 9.05. The van der Waals surface area contributed by atoms with Crippen molar-refractivity contribution in [2.45, 2.75) is 31.3 Å². The van der Waals surface area contributed by atoms with Gasteiger partial charge in [-0.15, -0.1) is 6.58 Å². The zero-order valence-corrected chi connectivity index (χ0v) is 16.1. The van der Waals surface area contributed by atoms with Crippen molar-refractivity contribution in [2.24, 2.45) is 0 Å². The van der Waals surface area contributed by atoms with Gasteiger partial charge in [-0.05, 0) is 37.6 Å². The highest BCUT2D eigenvalue weighted by molar-refractivity contribution is 5.87. The Balaban J connectivity index is 1.69. The summed E-state index contributed by atoms with van der Waals surface area (Å²) in [4.78, 5) is 30.2. The molecule has 0 radical (unpaired) electrons. The summed E-state index contributed by atoms with van der Waals surface area (Å²) in [6.07, 6.45) is 4.23. The van der Waals surface area contributed by atoms with Crippen molar-refractivity contribution in [1.29, 1.82) is 0 Å². The van der Waals surface area contributed by atoms with Crippen LogP contribution in [0.3, 0.4) is 0 Å². The fourth-order valence-corrected chi connectivity index (χ4v) is 4.27. The van der Waals surface area contributed by atoms with Crippen LogP contribution >= 0.6 is 0 Å². The van der Waals surface area contributed by atoms with E-state index in [-0.39, 0.29) is 11.4 Å². The summed E-state index contributed by atoms with van der Waals surface area (Å²) in [7, 11) is 2.17. The lowest BCUT2D eigenvalue weighted by atomic mass is 9.86. The van der Waals surface area contributed by atoms with Crippen molar-refractivity contribution in [2.75, 3.05) is 39.8 Å². The van der Waals surface area contributed by atoms with Gasteiger partial charge in [-0.1, -0.05) is 18.2 Å². The Morgan fingerprint density at radius 2 is 1.96 bits per heavy atom. The molecule has 1 aromatic rings. The summed E-state index contributed by atoms with van der Waals surface area (Å²) >= 11 is 0. The first-order valence-corrected chi connectivity index (χ1v) is 9.58. The Morgan fingerprint density at radius 1 is 1.22 bits per heavy atom. The average molecular weight is 371 g/mol. The summed E-state index contributed by atoms with van der Waals surface area (Å²) in [6.45, 7) is 8.85. The number of likely N-dealkylation sites (tertiary alicyclic amines) is 1. The quantitative estimate of drug-likeness (QED) is 0.803. The molecule has 1 spiro atoms. The van der Waals surface area contributed by atoms with Crippen LogP contribution in [-0.2, 0) is 11.3 Å². The van der Waals surface area contributed by atoms with Crippen LogP contribution in [0, 0.1) is 0 Å². The molecule has 0 aromatic heterocycles. The van der Waals surface area contributed by atoms with Crippen LogP contribution in [0.25, 0.3) is 0 Å². The van der Waals surface area contributed by atoms with E-state index < -0.39 is 5.97 Å². The maximum Gasteiger partial charge on any atom is 0.335 e. The molecule has 3 rings (SSSR count). The fourth-order valence-electron chi connectivity index (χ4n) is 4.27. The number of carboxylic acid groups (broad SMARTS) is 1. The number of nitrogens with zero attached hydrogens (tertiary/aromatic N) is 3. The van der Waals surface area contributed by atoms with Gasteiger partial charge >= 0.3 is 5.97 Å². The Bertz CT molecular complexity index is 703. The Morgan fingerprint density at radius 3 is 2.63 bits per heavy atom. The zero-order valence-electron chi connectivity index (χ0n) is 16.1. The number of aromatic carboxylic acids is 1. The molecular formula is C21H29N3O3. The molecule has 2 aliphatic rings. The molecule has 0 saturated carbocycles. The number of piperazine rings is 1. The van der Waals surface area contributed by atoms with Crippen LogP contribution < -0.4 is 0 Å². The van der Waals surface area contributed by atoms with E-state index in [4.69, 9.17) is 5.11 Å². The van der Waals surface area contributed by atoms with Gasteiger partial charge in [0.05, 0.1) is 5.56 Å². The van der Waals surface area contributed by atoms with Crippen LogP contribution in [0.2, 0.25) is 0 Å². The molecule has 146 valence electrons. The van der Waals surface area contributed by atoms with E-state index in [1.54, 1.807) is 18.2 Å². The molecule has 2 fully saturated rings. The monoisotopic (exact) mass is 371 g/mol. The van der Waals surface area contributed by atoms with Crippen LogP contribution in [-0.4, -0.2) is 77.0 Å². The number of amides is 1. The molecule has 2 aliphatic heterocycles. The third-order valence-corrected chi connectivity index (χ3v) is 6.04. The third-order valence-electron chi connectivity index (χ3n) is 6.04. The van der Waals surface area contributed by atoms with E-state index in [0.717, 1.165) is 51.1 Å². The van der Waals surface area contributed by atoms with Gasteiger partial charge < -0.3 is 10.0 Å². The van der Waals surface area contributed by atoms with Crippen LogP contribution in [0.4, 0.5) is 0 Å². The average Bonchev–Trinajstić information content (AvgIpc) is 2.80. The van der Waals surface area contributed by atoms with E-state index in [1.807, 2.05) is 17.0 Å². The van der Waals surface area contributed by atoms with Gasteiger partial charge in [0.1, 0.15) is 0 Å². The van der Waals surface area contributed by atoms with Crippen LogP contribution in [0.15, 0.2) is 36.9 Å². The summed E-state index contributed by atoms with van der Waals surface area (Å²) in [6, 6.07) is 7.13. The molecule has 2 saturated heterocycles. The molecular weight excluding hydrogens is 342 g/mol. The number of carbonyl (C=O) groups excluding carboxylic acids is 1. The normalized spacial score (nSPS) is 24.8. The minimum absolute atomic E-state index is 0.0187. The van der Waals surface area contributed by atoms with E-state index in [9.17, 15) is 9.59 Å². The van der Waals surface area contributed by atoms with Gasteiger partial charge in [0.25, 0.3) is 0 Å². The molecule has 0 bridgehead atoms. The lowest BCUT2D eigenvalue weighted by Gasteiger charge is -2.49. The van der Waals surface area contributed by atoms with E-state index in [0.29, 0.717) is 18.5 Å². The van der Waals surface area contributed by atoms with Gasteiger partial charge in [0.15, 0.2) is 0 Å². The maximum absolute atomic E-state index is 12.4. The predicted octanol–water partition coefficient (Wildman–Crippen LogP) is 2.07. The maximum atomic E-state index is 12.4. The van der Waals surface area contributed by atoms with Crippen molar-refractivity contribution >= 4 is 11.9 Å². The predicted molar refractivity (Wildman–Crippen MR) is 105 cm³/mol. The molecule has 0 aliphatic carbocycles. The number of carbonyl (C=O) groups is 2. The van der Waals surface area contributed by atoms with E-state index in [1.165, 1.54) is 0 Å². The van der Waals surface area contributed by atoms with Gasteiger partial charge in [0, 0.05) is 51.2 Å². The van der Waals surface area contributed by atoms with E-state index in [2.05, 4.69) is 23.4 Å². The van der Waals surface area contributed by atoms with E-state index >= 15 is 0 Å². The molecule has 27 heavy (non-hydrogen) atoms. The Labute approximate surface area is 161 Å². The molecule has 1 amide bonds. The Kier molecular flexibility index (Phi) is 5.97. The summed E-state index contributed by atoms with van der Waals surface area (Å²) in [5.74, 6) is -0.672. The summed E-state index contributed by atoms with van der Waals surface area (Å²) in [5.41, 5.74) is 1.46. The lowest BCUT2D eigenvalue weighted by molar-refractivity contribution is -0.130. The first-order valence-electron chi connectivity index (χ1n) is 9.58. The SMILES string of the molecule is C=CCN1CC[C@]2(CCC1=O)CN(Cc1ccc(C(=O)O)cc1)CCN2C. The third kappa shape index (κ3) is 4.39. The first kappa shape index (κ1) is 19.6. The molecule has 1 aromatic carbocycles. The minimum Gasteiger partial charge on any atom is -0.478 e. The molecule has 6 nitrogen and oxygen atoms in total. The molecule has 6 heteroatoms. The Hall–Kier alpha value is -2.18. The zero-order chi connectivity index (χ0) is 19.4. The van der Waals surface area contributed by atoms with Crippen molar-refractivity contribution in [3.8, 4) is 0 Å². The van der Waals surface area contributed by atoms with Gasteiger partial charge in [0.2, 0.25) is 5.91 Å². The number of carboxylic acids is 1. The second-order valence-corrected chi connectivity index (χ2v) is 7.74. The van der Waals surface area contributed by atoms with Crippen LogP contribution in [0.1, 0.15) is 35.2 Å². The largest absolute Gasteiger partial charge is 0.478 e. The summed E-state index contributed by atoms with van der Waals surface area (Å²) < 4.78 is 0. The number of hydrogen-bond donors (Lipinski definition) is 1. The minimum atomic E-state index is -0.896. The van der Waals surface area contributed by atoms with Crippen molar-refractivity contribution in [3.05, 3.63) is 48.0 Å². The first-order chi connectivity index (χ1) is 12.9. The van der Waals surface area contributed by atoms with Gasteiger partial charge in [-0.25, -0.2) is 4.79 Å². The highest BCUT2D eigenvalue weighted by Crippen LogP contribution is 2.32. The molecule has 0 unspecified atom stereocenters. The second kappa shape index (κ2) is 8.23. The highest BCUT2D eigenvalue weighted by Gasteiger charge is 2.42. The van der Waals surface area contributed by atoms with Crippen LogP contribution in [0.5, 0.6) is 0 Å². The number of benzene rings is 1. The molecule has 1 N–H and O–H groups in total. The van der Waals surface area contributed by atoms with Gasteiger partial charge in [-0.2, -0.15) is 0 Å². The van der Waals surface area contributed by atoms with Gasteiger partial charge in [-0.3, -0.25) is 14.6 Å². The molecule has 1 atom stereocenters. The fraction of sp³-hybridized carbons (Fsp3) is 0.524. The number of hydrogen-bond acceptors (Lipinski definition) is 4. The highest BCUT2D eigenvalue weighted by atomic mass is 16.4. The number of likely N-dealkylation sites (N-methyl/N-ethyl adjacent to an activating group) is 1. The standard InChI is InChI=1S/C21H29N3O3/c1-3-11-24-12-10-21(9-8-19(24)25)16-23(14-13-22(21)2)15-17-4-6-18(7-5-17)20(26)27/h3-7H,1,8-16H2,2H3,(H,26,27)/t21-/m1/s1. The van der Waals surface area contributed by atoms with Crippen molar-refractivity contribution in [3.63, 3.8) is 0 Å². The molecule has 2 heterocycles. The second-order valence-electron chi connectivity index (χ2n) is 7.74. The number of rotatable bonds is 5. The van der Waals surface area contributed by atoms with Crippen molar-refractivity contribution < 1.29 is 14.7 Å². The topological polar surface area (TPSA) is 64.1 Å². The lowest BCUT2D eigenvalue weighted by Crippen LogP contribution is -2.60. The smallest absolute Gasteiger partial charge is 0.335 e. The van der Waals surface area contributed by atoms with Crippen molar-refractivity contribution in [1.82, 2.24) is 14.7 Å².